The van der Waals surface area contributed by atoms with Gasteiger partial charge in [0.2, 0.25) is 0 Å². The molecule has 1 aliphatic rings. The minimum Gasteiger partial charge on any atom is -0.481 e. The molecule has 0 spiro atoms. The second kappa shape index (κ2) is 9.03. The molecule has 0 aliphatic carbocycles. The van der Waals surface area contributed by atoms with Gasteiger partial charge in [0.05, 0.1) is 23.4 Å². The van der Waals surface area contributed by atoms with E-state index in [0.29, 0.717) is 33.6 Å². The Kier molecular flexibility index (Phi) is 6.00. The van der Waals surface area contributed by atoms with Gasteiger partial charge in [-0.2, -0.15) is 0 Å². The maximum Gasteiger partial charge on any atom is 0.307 e. The number of halogens is 1. The molecule has 0 fully saturated rings. The van der Waals surface area contributed by atoms with Crippen LogP contribution in [0.1, 0.15) is 22.3 Å². The standard InChI is InChI=1S/C25H22FN3O3/c1-27-14-15-5-8-19(9-6-15)28-24(17-4-2-3-16(11-17)12-22(30)31)23-20-10-7-18(26)13-21(20)29-25(23)32/h2-11,13,27-28H,12,14H2,1H3,(H,29,32)(H,30,31)/b24-23-. The van der Waals surface area contributed by atoms with Crippen LogP contribution in [0.2, 0.25) is 0 Å². The second-order valence-electron chi connectivity index (χ2n) is 7.52. The van der Waals surface area contributed by atoms with Gasteiger partial charge < -0.3 is 21.1 Å². The number of fused-ring (bicyclic) bond motifs is 1. The number of rotatable bonds is 7. The number of amides is 1. The zero-order valence-corrected chi connectivity index (χ0v) is 17.4. The molecule has 1 aliphatic heterocycles. The number of carbonyl (C=O) groups excluding carboxylic acids is 1. The number of anilines is 2. The maximum atomic E-state index is 13.7. The van der Waals surface area contributed by atoms with Gasteiger partial charge in [0.15, 0.2) is 0 Å². The summed E-state index contributed by atoms with van der Waals surface area (Å²) in [6, 6.07) is 19.0. The lowest BCUT2D eigenvalue weighted by Gasteiger charge is -2.16. The number of hydrogen-bond donors (Lipinski definition) is 4. The molecule has 0 atom stereocenters. The molecule has 1 amide bonds. The summed E-state index contributed by atoms with van der Waals surface area (Å²) >= 11 is 0. The van der Waals surface area contributed by atoms with Crippen LogP contribution in [0.4, 0.5) is 15.8 Å². The molecule has 0 bridgehead atoms. The molecule has 0 radical (unpaired) electrons. The van der Waals surface area contributed by atoms with Crippen molar-refractivity contribution in [3.05, 3.63) is 94.8 Å². The fourth-order valence-corrected chi connectivity index (χ4v) is 3.74. The highest BCUT2D eigenvalue weighted by molar-refractivity contribution is 6.37. The quantitative estimate of drug-likeness (QED) is 0.423. The summed E-state index contributed by atoms with van der Waals surface area (Å²) in [5, 5.41) is 18.3. The topological polar surface area (TPSA) is 90.5 Å². The molecular formula is C25H22FN3O3. The Labute approximate surface area is 184 Å². The van der Waals surface area contributed by atoms with Crippen molar-refractivity contribution in [2.75, 3.05) is 17.7 Å². The van der Waals surface area contributed by atoms with Crippen LogP contribution in [0.25, 0.3) is 11.3 Å². The average molecular weight is 431 g/mol. The number of carbonyl (C=O) groups is 2. The van der Waals surface area contributed by atoms with Crippen LogP contribution in [-0.2, 0) is 22.6 Å². The number of nitrogens with one attached hydrogen (secondary N) is 3. The Morgan fingerprint density at radius 2 is 1.81 bits per heavy atom. The molecule has 4 N–H and O–H groups in total. The Hall–Kier alpha value is -3.97. The van der Waals surface area contributed by atoms with Crippen LogP contribution in [0.5, 0.6) is 0 Å². The lowest BCUT2D eigenvalue weighted by atomic mass is 9.98. The van der Waals surface area contributed by atoms with E-state index in [1.54, 1.807) is 24.3 Å². The Bertz CT molecular complexity index is 1220. The second-order valence-corrected chi connectivity index (χ2v) is 7.52. The number of carboxylic acids is 1. The monoisotopic (exact) mass is 431 g/mol. The summed E-state index contributed by atoms with van der Waals surface area (Å²) in [4.78, 5) is 24.1. The van der Waals surface area contributed by atoms with Crippen LogP contribution < -0.4 is 16.0 Å². The molecule has 0 unspecified atom stereocenters. The first-order valence-electron chi connectivity index (χ1n) is 10.1. The highest BCUT2D eigenvalue weighted by Gasteiger charge is 2.29. The molecule has 3 aromatic carbocycles. The van der Waals surface area contributed by atoms with Crippen molar-refractivity contribution in [2.45, 2.75) is 13.0 Å². The van der Waals surface area contributed by atoms with E-state index in [1.807, 2.05) is 37.4 Å². The fourth-order valence-electron chi connectivity index (χ4n) is 3.74. The van der Waals surface area contributed by atoms with Crippen LogP contribution in [0.3, 0.4) is 0 Å². The summed E-state index contributed by atoms with van der Waals surface area (Å²) in [6.07, 6.45) is -0.136. The third kappa shape index (κ3) is 4.53. The van der Waals surface area contributed by atoms with Crippen molar-refractivity contribution in [2.24, 2.45) is 0 Å². The molecule has 162 valence electrons. The van der Waals surface area contributed by atoms with E-state index in [4.69, 9.17) is 0 Å². The van der Waals surface area contributed by atoms with Crippen molar-refractivity contribution in [1.82, 2.24) is 5.32 Å². The SMILES string of the molecule is CNCc1ccc(N/C(=C2\C(=O)Nc3cc(F)ccc32)c2cccc(CC(=O)O)c2)cc1. The summed E-state index contributed by atoms with van der Waals surface area (Å²) in [6.45, 7) is 0.729. The van der Waals surface area contributed by atoms with Crippen molar-refractivity contribution < 1.29 is 19.1 Å². The summed E-state index contributed by atoms with van der Waals surface area (Å²) in [7, 11) is 1.87. The third-order valence-electron chi connectivity index (χ3n) is 5.15. The van der Waals surface area contributed by atoms with E-state index in [2.05, 4.69) is 16.0 Å². The minimum absolute atomic E-state index is 0.136. The lowest BCUT2D eigenvalue weighted by Crippen LogP contribution is -2.11. The molecule has 3 aromatic rings. The number of carboxylic acid groups (broad SMARTS) is 1. The molecular weight excluding hydrogens is 409 g/mol. The van der Waals surface area contributed by atoms with Gasteiger partial charge in [-0.15, -0.1) is 0 Å². The first kappa shape index (κ1) is 21.3. The largest absolute Gasteiger partial charge is 0.481 e. The van der Waals surface area contributed by atoms with Crippen LogP contribution in [0.15, 0.2) is 66.7 Å². The van der Waals surface area contributed by atoms with Crippen molar-refractivity contribution in [3.63, 3.8) is 0 Å². The fraction of sp³-hybridized carbons (Fsp3) is 0.120. The Balaban J connectivity index is 1.83. The van der Waals surface area contributed by atoms with Gasteiger partial charge in [-0.3, -0.25) is 9.59 Å². The van der Waals surface area contributed by atoms with Gasteiger partial charge in [-0.1, -0.05) is 30.3 Å². The number of aliphatic carboxylic acids is 1. The first-order chi connectivity index (χ1) is 15.4. The maximum absolute atomic E-state index is 13.7. The Morgan fingerprint density at radius 3 is 2.53 bits per heavy atom. The van der Waals surface area contributed by atoms with Crippen LogP contribution >= 0.6 is 0 Å². The average Bonchev–Trinajstić information content (AvgIpc) is 3.07. The molecule has 6 nitrogen and oxygen atoms in total. The number of hydrogen-bond acceptors (Lipinski definition) is 4. The van der Waals surface area contributed by atoms with Crippen molar-refractivity contribution >= 4 is 34.5 Å². The molecule has 0 aromatic heterocycles. The molecule has 7 heteroatoms. The third-order valence-corrected chi connectivity index (χ3v) is 5.15. The molecule has 0 saturated heterocycles. The molecule has 32 heavy (non-hydrogen) atoms. The van der Waals surface area contributed by atoms with E-state index >= 15 is 0 Å². The molecule has 1 heterocycles. The van der Waals surface area contributed by atoms with Crippen molar-refractivity contribution in [3.8, 4) is 0 Å². The van der Waals surface area contributed by atoms with E-state index in [-0.39, 0.29) is 12.3 Å². The van der Waals surface area contributed by atoms with Gasteiger partial charge in [0, 0.05) is 17.8 Å². The zero-order valence-electron chi connectivity index (χ0n) is 17.4. The number of benzene rings is 3. The van der Waals surface area contributed by atoms with Crippen LogP contribution in [0, 0.1) is 5.82 Å². The summed E-state index contributed by atoms with van der Waals surface area (Å²) in [5.74, 6) is -1.74. The van der Waals surface area contributed by atoms with E-state index in [0.717, 1.165) is 17.8 Å². The molecule has 4 rings (SSSR count). The predicted octanol–water partition coefficient (Wildman–Crippen LogP) is 4.10. The van der Waals surface area contributed by atoms with E-state index in [9.17, 15) is 19.1 Å². The van der Waals surface area contributed by atoms with Gasteiger partial charge in [-0.25, -0.2) is 4.39 Å². The zero-order chi connectivity index (χ0) is 22.7. The first-order valence-corrected chi connectivity index (χ1v) is 10.1. The van der Waals surface area contributed by atoms with E-state index in [1.165, 1.54) is 12.1 Å². The smallest absolute Gasteiger partial charge is 0.307 e. The lowest BCUT2D eigenvalue weighted by molar-refractivity contribution is -0.136. The van der Waals surface area contributed by atoms with Crippen molar-refractivity contribution in [1.29, 1.82) is 0 Å². The Morgan fingerprint density at radius 1 is 1.03 bits per heavy atom. The minimum atomic E-state index is -0.941. The van der Waals surface area contributed by atoms with Gasteiger partial charge in [-0.05, 0) is 60.1 Å². The predicted molar refractivity (Wildman–Crippen MR) is 122 cm³/mol. The summed E-state index contributed by atoms with van der Waals surface area (Å²) < 4.78 is 13.7. The normalized spacial score (nSPS) is 14.0. The highest BCUT2D eigenvalue weighted by Crippen LogP contribution is 2.38. The van der Waals surface area contributed by atoms with Gasteiger partial charge in [0.1, 0.15) is 5.82 Å². The van der Waals surface area contributed by atoms with Gasteiger partial charge in [0.25, 0.3) is 5.91 Å². The van der Waals surface area contributed by atoms with Gasteiger partial charge >= 0.3 is 5.97 Å². The van der Waals surface area contributed by atoms with E-state index < -0.39 is 11.8 Å². The molecule has 0 saturated carbocycles. The summed E-state index contributed by atoms with van der Waals surface area (Å²) in [5.41, 5.74) is 5.00. The highest BCUT2D eigenvalue weighted by atomic mass is 19.1. The van der Waals surface area contributed by atoms with Crippen LogP contribution in [-0.4, -0.2) is 24.0 Å².